The molecule has 0 aromatic heterocycles. The molecule has 1 aromatic rings. The van der Waals surface area contributed by atoms with E-state index in [1.165, 1.54) is 5.56 Å². The average molecular weight is 266 g/mol. The Morgan fingerprint density at radius 2 is 1.89 bits per heavy atom. The molecule has 1 rings (SSSR count). The Bertz CT molecular complexity index is 319. The van der Waals surface area contributed by atoms with Crippen molar-refractivity contribution in [1.29, 1.82) is 0 Å². The fourth-order valence-corrected chi connectivity index (χ4v) is 1.92. The quantitative estimate of drug-likeness (QED) is 0.668. The van der Waals surface area contributed by atoms with Crippen molar-refractivity contribution >= 4 is 0 Å². The summed E-state index contributed by atoms with van der Waals surface area (Å²) >= 11 is 0. The van der Waals surface area contributed by atoms with Crippen molar-refractivity contribution in [2.24, 2.45) is 5.73 Å². The molecule has 1 aromatic carbocycles. The van der Waals surface area contributed by atoms with Crippen molar-refractivity contribution in [2.75, 3.05) is 33.9 Å². The minimum absolute atomic E-state index is 0.0892. The van der Waals surface area contributed by atoms with Crippen LogP contribution < -0.4 is 11.1 Å². The first kappa shape index (κ1) is 16.1. The fourth-order valence-electron chi connectivity index (χ4n) is 1.92. The maximum Gasteiger partial charge on any atom is 0.0928 e. The maximum absolute atomic E-state index is 6.09. The molecule has 0 spiro atoms. The number of methoxy groups -OCH3 is 2. The minimum Gasteiger partial charge on any atom is -0.382 e. The second kappa shape index (κ2) is 9.92. The van der Waals surface area contributed by atoms with E-state index in [4.69, 9.17) is 15.2 Å². The molecule has 0 saturated heterocycles. The van der Waals surface area contributed by atoms with Crippen LogP contribution in [0.3, 0.4) is 0 Å². The molecule has 108 valence electrons. The number of hydrogen-bond donors (Lipinski definition) is 2. The molecule has 0 bridgehead atoms. The first-order chi connectivity index (χ1) is 9.26. The van der Waals surface area contributed by atoms with Crippen molar-refractivity contribution in [3.8, 4) is 0 Å². The first-order valence-electron chi connectivity index (χ1n) is 6.78. The summed E-state index contributed by atoms with van der Waals surface area (Å²) < 4.78 is 10.3. The number of ether oxygens (including phenoxy) is 2. The summed E-state index contributed by atoms with van der Waals surface area (Å²) in [6.45, 7) is 2.17. The molecule has 0 saturated carbocycles. The lowest BCUT2D eigenvalue weighted by Gasteiger charge is -2.17. The molecule has 0 aliphatic carbocycles. The van der Waals surface area contributed by atoms with E-state index in [1.807, 2.05) is 6.07 Å². The molecular formula is C15H26N2O2. The zero-order chi connectivity index (χ0) is 13.9. The van der Waals surface area contributed by atoms with Crippen LogP contribution in [0.5, 0.6) is 0 Å². The Kier molecular flexibility index (Phi) is 8.41. The molecular weight excluding hydrogens is 240 g/mol. The number of benzene rings is 1. The van der Waals surface area contributed by atoms with Gasteiger partial charge in [0.25, 0.3) is 0 Å². The normalized spacial score (nSPS) is 14.3. The van der Waals surface area contributed by atoms with Crippen LogP contribution in [-0.2, 0) is 15.9 Å². The van der Waals surface area contributed by atoms with Crippen LogP contribution in [0.4, 0.5) is 0 Å². The summed E-state index contributed by atoms with van der Waals surface area (Å²) in [6, 6.07) is 10.6. The molecule has 0 fully saturated rings. The van der Waals surface area contributed by atoms with Crippen LogP contribution >= 0.6 is 0 Å². The van der Waals surface area contributed by atoms with Gasteiger partial charge in [-0.2, -0.15) is 0 Å². The van der Waals surface area contributed by atoms with Gasteiger partial charge in [0.15, 0.2) is 0 Å². The highest BCUT2D eigenvalue weighted by atomic mass is 16.5. The molecule has 0 amide bonds. The Morgan fingerprint density at radius 3 is 2.53 bits per heavy atom. The number of nitrogens with one attached hydrogen (secondary N) is 1. The Morgan fingerprint density at radius 1 is 1.16 bits per heavy atom. The zero-order valence-electron chi connectivity index (χ0n) is 12.0. The van der Waals surface area contributed by atoms with Gasteiger partial charge in [0.1, 0.15) is 0 Å². The SMILES string of the molecule is COCC(CNCC(N)CCc1ccccc1)OC. The zero-order valence-corrected chi connectivity index (χ0v) is 12.0. The predicted octanol–water partition coefficient (Wildman–Crippen LogP) is 1.20. The predicted molar refractivity (Wildman–Crippen MR) is 78.3 cm³/mol. The second-order valence-corrected chi connectivity index (χ2v) is 4.76. The standard InChI is InChI=1S/C15H26N2O2/c1-18-12-15(19-2)11-17-10-14(16)9-8-13-6-4-3-5-7-13/h3-7,14-15,17H,8-12,16H2,1-2H3. The fraction of sp³-hybridized carbons (Fsp3) is 0.600. The number of nitrogens with two attached hydrogens (primary N) is 1. The first-order valence-corrected chi connectivity index (χ1v) is 6.78. The topological polar surface area (TPSA) is 56.5 Å². The lowest BCUT2D eigenvalue weighted by atomic mass is 10.1. The largest absolute Gasteiger partial charge is 0.382 e. The van der Waals surface area contributed by atoms with Crippen molar-refractivity contribution in [3.63, 3.8) is 0 Å². The molecule has 2 atom stereocenters. The third-order valence-corrected chi connectivity index (χ3v) is 3.11. The van der Waals surface area contributed by atoms with E-state index in [2.05, 4.69) is 29.6 Å². The van der Waals surface area contributed by atoms with Gasteiger partial charge >= 0.3 is 0 Å². The summed E-state index contributed by atoms with van der Waals surface area (Å²) in [5, 5.41) is 3.33. The van der Waals surface area contributed by atoms with Crippen LogP contribution in [0, 0.1) is 0 Å². The van der Waals surface area contributed by atoms with Gasteiger partial charge in [0.05, 0.1) is 12.7 Å². The second-order valence-electron chi connectivity index (χ2n) is 4.76. The highest BCUT2D eigenvalue weighted by Crippen LogP contribution is 2.03. The molecule has 2 unspecified atom stereocenters. The van der Waals surface area contributed by atoms with E-state index in [1.54, 1.807) is 14.2 Å². The Balaban J connectivity index is 2.12. The molecule has 0 aliphatic rings. The van der Waals surface area contributed by atoms with Crippen LogP contribution in [0.1, 0.15) is 12.0 Å². The van der Waals surface area contributed by atoms with Gasteiger partial charge in [-0.3, -0.25) is 0 Å². The molecule has 19 heavy (non-hydrogen) atoms. The van der Waals surface area contributed by atoms with Gasteiger partial charge in [0, 0.05) is 33.4 Å². The summed E-state index contributed by atoms with van der Waals surface area (Å²) in [5.41, 5.74) is 7.43. The van der Waals surface area contributed by atoms with Gasteiger partial charge < -0.3 is 20.5 Å². The monoisotopic (exact) mass is 266 g/mol. The summed E-state index contributed by atoms with van der Waals surface area (Å²) in [5.74, 6) is 0. The minimum atomic E-state index is 0.0892. The van der Waals surface area contributed by atoms with E-state index in [0.717, 1.165) is 25.9 Å². The number of hydrogen-bond acceptors (Lipinski definition) is 4. The van der Waals surface area contributed by atoms with E-state index in [-0.39, 0.29) is 12.1 Å². The van der Waals surface area contributed by atoms with E-state index < -0.39 is 0 Å². The summed E-state index contributed by atoms with van der Waals surface area (Å²) in [6.07, 6.45) is 2.10. The van der Waals surface area contributed by atoms with Crippen molar-refractivity contribution in [3.05, 3.63) is 35.9 Å². The van der Waals surface area contributed by atoms with Crippen LogP contribution in [-0.4, -0.2) is 46.1 Å². The molecule has 0 aliphatic heterocycles. The lowest BCUT2D eigenvalue weighted by Crippen LogP contribution is -2.39. The molecule has 4 nitrogen and oxygen atoms in total. The van der Waals surface area contributed by atoms with Crippen molar-refractivity contribution in [2.45, 2.75) is 25.0 Å². The average Bonchev–Trinajstić information content (AvgIpc) is 2.45. The molecule has 0 radical (unpaired) electrons. The lowest BCUT2D eigenvalue weighted by molar-refractivity contribution is 0.0288. The highest BCUT2D eigenvalue weighted by molar-refractivity contribution is 5.14. The van der Waals surface area contributed by atoms with E-state index in [9.17, 15) is 0 Å². The third kappa shape index (κ3) is 7.28. The molecule has 3 N–H and O–H groups in total. The maximum atomic E-state index is 6.09. The molecule has 0 heterocycles. The smallest absolute Gasteiger partial charge is 0.0928 e. The Labute approximate surface area is 116 Å². The highest BCUT2D eigenvalue weighted by Gasteiger charge is 2.08. The van der Waals surface area contributed by atoms with Crippen LogP contribution in [0.25, 0.3) is 0 Å². The summed E-state index contributed by atoms with van der Waals surface area (Å²) in [7, 11) is 3.37. The van der Waals surface area contributed by atoms with Gasteiger partial charge in [-0.25, -0.2) is 0 Å². The van der Waals surface area contributed by atoms with Crippen LogP contribution in [0.15, 0.2) is 30.3 Å². The Hall–Kier alpha value is -0.940. The van der Waals surface area contributed by atoms with E-state index >= 15 is 0 Å². The number of aryl methyl sites for hydroxylation is 1. The number of rotatable bonds is 10. The van der Waals surface area contributed by atoms with E-state index in [0.29, 0.717) is 6.61 Å². The van der Waals surface area contributed by atoms with Crippen LogP contribution in [0.2, 0.25) is 0 Å². The van der Waals surface area contributed by atoms with Gasteiger partial charge in [-0.05, 0) is 18.4 Å². The summed E-state index contributed by atoms with van der Waals surface area (Å²) in [4.78, 5) is 0. The molecule has 4 heteroatoms. The van der Waals surface area contributed by atoms with Crippen molar-refractivity contribution in [1.82, 2.24) is 5.32 Å². The third-order valence-electron chi connectivity index (χ3n) is 3.11. The van der Waals surface area contributed by atoms with Gasteiger partial charge in [-0.1, -0.05) is 30.3 Å². The van der Waals surface area contributed by atoms with Gasteiger partial charge in [-0.15, -0.1) is 0 Å². The van der Waals surface area contributed by atoms with Crippen molar-refractivity contribution < 1.29 is 9.47 Å². The van der Waals surface area contributed by atoms with Gasteiger partial charge in [0.2, 0.25) is 0 Å².